The Morgan fingerprint density at radius 1 is 1.04 bits per heavy atom. The summed E-state index contributed by atoms with van der Waals surface area (Å²) in [5.41, 5.74) is -3.05. The number of nitrogens with zero attached hydrogens (tertiary/aromatic N) is 1. The van der Waals surface area contributed by atoms with Gasteiger partial charge in [0.15, 0.2) is 0 Å². The summed E-state index contributed by atoms with van der Waals surface area (Å²) in [5.74, 6) is 0. The Bertz CT molecular complexity index is 854. The zero-order valence-electron chi connectivity index (χ0n) is 13.9. The molecular formula is C18H19F3N2O2S. The van der Waals surface area contributed by atoms with Gasteiger partial charge in [0, 0.05) is 24.8 Å². The van der Waals surface area contributed by atoms with Gasteiger partial charge >= 0.3 is 15.5 Å². The fourth-order valence-electron chi connectivity index (χ4n) is 3.04. The summed E-state index contributed by atoms with van der Waals surface area (Å²) in [6.07, 6.45) is 1.16. The molecule has 0 fully saturated rings. The van der Waals surface area contributed by atoms with E-state index < -0.39 is 21.6 Å². The Morgan fingerprint density at radius 2 is 1.69 bits per heavy atom. The molecule has 0 bridgehead atoms. The summed E-state index contributed by atoms with van der Waals surface area (Å²) in [6.45, 7) is -0.532. The number of anilines is 1. The van der Waals surface area contributed by atoms with E-state index in [9.17, 15) is 21.6 Å². The van der Waals surface area contributed by atoms with Crippen molar-refractivity contribution in [1.82, 2.24) is 4.31 Å². The number of alkyl halides is 3. The normalized spacial score (nSPS) is 18.7. The molecule has 0 aliphatic carbocycles. The number of halogens is 3. The summed E-state index contributed by atoms with van der Waals surface area (Å²) < 4.78 is 63.6. The third-order valence-corrected chi connectivity index (χ3v) is 5.95. The van der Waals surface area contributed by atoms with Gasteiger partial charge in [-0.25, -0.2) is 8.42 Å². The van der Waals surface area contributed by atoms with E-state index in [0.717, 1.165) is 5.56 Å². The molecule has 3 rings (SSSR count). The molecule has 0 spiro atoms. The van der Waals surface area contributed by atoms with Crippen LogP contribution in [-0.4, -0.2) is 30.8 Å². The lowest BCUT2D eigenvalue weighted by Gasteiger charge is -2.25. The number of nitrogens with one attached hydrogen (secondary N) is 1. The number of rotatable bonds is 4. The molecule has 1 heterocycles. The average molecular weight is 384 g/mol. The fourth-order valence-corrected chi connectivity index (χ4v) is 4.02. The first-order valence-corrected chi connectivity index (χ1v) is 9.66. The van der Waals surface area contributed by atoms with Gasteiger partial charge in [-0.2, -0.15) is 17.5 Å². The topological polar surface area (TPSA) is 49.4 Å². The first kappa shape index (κ1) is 18.7. The van der Waals surface area contributed by atoms with Crippen LogP contribution < -0.4 is 5.32 Å². The molecule has 140 valence electrons. The molecule has 8 heteroatoms. The van der Waals surface area contributed by atoms with Crippen LogP contribution in [-0.2, 0) is 23.0 Å². The molecule has 1 atom stereocenters. The number of hydrogen-bond donors (Lipinski definition) is 1. The van der Waals surface area contributed by atoms with Crippen molar-refractivity contribution in [3.63, 3.8) is 0 Å². The molecule has 1 N–H and O–H groups in total. The molecule has 0 aromatic heterocycles. The summed E-state index contributed by atoms with van der Waals surface area (Å²) in [7, 11) is -5.39. The minimum absolute atomic E-state index is 0.233. The fraction of sp³-hybridized carbons (Fsp3) is 0.333. The standard InChI is InChI=1S/C18H19F3N2O2S/c19-18(20,21)26(24,25)23-12-15-8-4-5-9-17(15)22-16(13-23)11-10-14-6-2-1-3-7-14/h1-9,16,22H,10-13H2/t16-/m1/s1. The van der Waals surface area contributed by atoms with Crippen LogP contribution in [0.4, 0.5) is 18.9 Å². The highest BCUT2D eigenvalue weighted by Crippen LogP contribution is 2.32. The van der Waals surface area contributed by atoms with E-state index in [4.69, 9.17) is 0 Å². The van der Waals surface area contributed by atoms with E-state index in [1.54, 1.807) is 24.3 Å². The first-order chi connectivity index (χ1) is 12.3. The molecule has 26 heavy (non-hydrogen) atoms. The van der Waals surface area contributed by atoms with E-state index in [1.165, 1.54) is 0 Å². The highest BCUT2D eigenvalue weighted by molar-refractivity contribution is 7.89. The molecule has 0 saturated heterocycles. The van der Waals surface area contributed by atoms with Crippen LogP contribution in [0.25, 0.3) is 0 Å². The Labute approximate surface area is 150 Å². The van der Waals surface area contributed by atoms with E-state index in [0.29, 0.717) is 28.4 Å². The number of fused-ring (bicyclic) bond motifs is 1. The van der Waals surface area contributed by atoms with Gasteiger partial charge in [0.2, 0.25) is 0 Å². The van der Waals surface area contributed by atoms with Crippen molar-refractivity contribution in [2.24, 2.45) is 0 Å². The van der Waals surface area contributed by atoms with Crippen molar-refractivity contribution < 1.29 is 21.6 Å². The molecule has 1 aliphatic rings. The summed E-state index contributed by atoms with van der Waals surface area (Å²) in [4.78, 5) is 0. The van der Waals surface area contributed by atoms with Gasteiger partial charge < -0.3 is 5.32 Å². The Hall–Kier alpha value is -2.06. The van der Waals surface area contributed by atoms with Gasteiger partial charge in [0.1, 0.15) is 0 Å². The minimum Gasteiger partial charge on any atom is -0.381 e. The van der Waals surface area contributed by atoms with Crippen LogP contribution >= 0.6 is 0 Å². The molecule has 0 radical (unpaired) electrons. The molecular weight excluding hydrogens is 365 g/mol. The van der Waals surface area contributed by atoms with Crippen molar-refractivity contribution in [3.05, 3.63) is 65.7 Å². The molecule has 4 nitrogen and oxygen atoms in total. The van der Waals surface area contributed by atoms with E-state index in [1.807, 2.05) is 30.3 Å². The zero-order valence-corrected chi connectivity index (χ0v) is 14.7. The third-order valence-electron chi connectivity index (χ3n) is 4.40. The van der Waals surface area contributed by atoms with Crippen LogP contribution in [0.2, 0.25) is 0 Å². The lowest BCUT2D eigenvalue weighted by atomic mass is 10.0. The van der Waals surface area contributed by atoms with Gasteiger partial charge in [-0.1, -0.05) is 48.5 Å². The van der Waals surface area contributed by atoms with Crippen molar-refractivity contribution in [2.45, 2.75) is 30.9 Å². The second-order valence-electron chi connectivity index (χ2n) is 6.27. The number of para-hydroxylation sites is 1. The minimum atomic E-state index is -5.39. The smallest absolute Gasteiger partial charge is 0.381 e. The van der Waals surface area contributed by atoms with Gasteiger partial charge in [-0.05, 0) is 30.0 Å². The number of aryl methyl sites for hydroxylation is 1. The van der Waals surface area contributed by atoms with Gasteiger partial charge in [-0.3, -0.25) is 0 Å². The Balaban J connectivity index is 1.86. The quantitative estimate of drug-likeness (QED) is 0.873. The van der Waals surface area contributed by atoms with Crippen LogP contribution in [0.15, 0.2) is 54.6 Å². The lowest BCUT2D eigenvalue weighted by molar-refractivity contribution is -0.0491. The molecule has 2 aromatic rings. The summed E-state index contributed by atoms with van der Waals surface area (Å²) in [5, 5.41) is 3.21. The number of sulfonamides is 1. The zero-order chi connectivity index (χ0) is 18.8. The maximum absolute atomic E-state index is 13.1. The largest absolute Gasteiger partial charge is 0.511 e. The highest BCUT2D eigenvalue weighted by atomic mass is 32.2. The maximum atomic E-state index is 13.1. The second-order valence-corrected chi connectivity index (χ2v) is 8.20. The summed E-state index contributed by atoms with van der Waals surface area (Å²) >= 11 is 0. The average Bonchev–Trinajstić information content (AvgIpc) is 2.79. The van der Waals surface area contributed by atoms with Crippen molar-refractivity contribution in [3.8, 4) is 0 Å². The van der Waals surface area contributed by atoms with E-state index >= 15 is 0 Å². The van der Waals surface area contributed by atoms with Gasteiger partial charge in [-0.15, -0.1) is 0 Å². The Morgan fingerprint density at radius 3 is 2.38 bits per heavy atom. The molecule has 2 aromatic carbocycles. The molecule has 0 saturated carbocycles. The maximum Gasteiger partial charge on any atom is 0.511 e. The van der Waals surface area contributed by atoms with Crippen molar-refractivity contribution in [2.75, 3.05) is 11.9 Å². The number of benzene rings is 2. The lowest BCUT2D eigenvalue weighted by Crippen LogP contribution is -2.44. The highest BCUT2D eigenvalue weighted by Gasteiger charge is 2.50. The Kier molecular flexibility index (Phi) is 5.24. The van der Waals surface area contributed by atoms with E-state index in [2.05, 4.69) is 5.32 Å². The summed E-state index contributed by atoms with van der Waals surface area (Å²) in [6, 6.07) is 16.0. The van der Waals surface area contributed by atoms with Gasteiger partial charge in [0.25, 0.3) is 0 Å². The van der Waals surface area contributed by atoms with Crippen LogP contribution in [0.5, 0.6) is 0 Å². The van der Waals surface area contributed by atoms with Crippen molar-refractivity contribution >= 4 is 15.7 Å². The second kappa shape index (κ2) is 7.28. The molecule has 1 aliphatic heterocycles. The predicted molar refractivity (Wildman–Crippen MR) is 94.0 cm³/mol. The van der Waals surface area contributed by atoms with Crippen LogP contribution in [0.3, 0.4) is 0 Å². The molecule has 0 amide bonds. The van der Waals surface area contributed by atoms with Crippen LogP contribution in [0.1, 0.15) is 17.5 Å². The van der Waals surface area contributed by atoms with Crippen molar-refractivity contribution in [1.29, 1.82) is 0 Å². The van der Waals surface area contributed by atoms with Crippen LogP contribution in [0, 0.1) is 0 Å². The number of hydrogen-bond acceptors (Lipinski definition) is 3. The SMILES string of the molecule is O=S(=O)(N1Cc2ccccc2N[C@H](CCc2ccccc2)C1)C(F)(F)F. The monoisotopic (exact) mass is 384 g/mol. The molecule has 0 unspecified atom stereocenters. The first-order valence-electron chi connectivity index (χ1n) is 8.22. The third kappa shape index (κ3) is 4.02. The van der Waals surface area contributed by atoms with Gasteiger partial charge in [0.05, 0.1) is 0 Å². The predicted octanol–water partition coefficient (Wildman–Crippen LogP) is 3.77. The van der Waals surface area contributed by atoms with E-state index in [-0.39, 0.29) is 13.1 Å².